The maximum absolute atomic E-state index is 12.9. The fourth-order valence-electron chi connectivity index (χ4n) is 2.44. The highest BCUT2D eigenvalue weighted by Gasteiger charge is 2.23. The van der Waals surface area contributed by atoms with Gasteiger partial charge in [-0.15, -0.1) is 0 Å². The number of hydrogen-bond acceptors (Lipinski definition) is 5. The third-order valence-electron chi connectivity index (χ3n) is 3.94. The van der Waals surface area contributed by atoms with Gasteiger partial charge in [-0.3, -0.25) is 9.10 Å². The number of sulfonamides is 1. The molecule has 1 aromatic heterocycles. The monoisotopic (exact) mass is 417 g/mol. The predicted molar refractivity (Wildman–Crippen MR) is 107 cm³/mol. The van der Waals surface area contributed by atoms with Crippen LogP contribution in [0.3, 0.4) is 0 Å². The number of aromatic nitrogens is 1. The van der Waals surface area contributed by atoms with Crippen LogP contribution >= 0.6 is 11.6 Å². The van der Waals surface area contributed by atoms with Gasteiger partial charge in [0.25, 0.3) is 15.9 Å². The third-order valence-corrected chi connectivity index (χ3v) is 5.96. The minimum atomic E-state index is -3.92. The summed E-state index contributed by atoms with van der Waals surface area (Å²) in [5.74, 6) is -0.811. The topological polar surface area (TPSA) is 99.6 Å². The summed E-state index contributed by atoms with van der Waals surface area (Å²) in [6, 6.07) is 14.9. The molecular formula is C19H16ClN3O4S. The van der Waals surface area contributed by atoms with Crippen molar-refractivity contribution >= 4 is 39.0 Å². The molecule has 0 unspecified atom stereocenters. The lowest BCUT2D eigenvalue weighted by Gasteiger charge is -2.20. The van der Waals surface area contributed by atoms with Gasteiger partial charge in [0.1, 0.15) is 0 Å². The molecule has 28 heavy (non-hydrogen) atoms. The molecule has 144 valence electrons. The van der Waals surface area contributed by atoms with Crippen molar-refractivity contribution in [2.75, 3.05) is 16.7 Å². The van der Waals surface area contributed by atoms with E-state index in [1.807, 2.05) is 0 Å². The molecule has 0 radical (unpaired) electrons. The number of halogens is 1. The van der Waals surface area contributed by atoms with Crippen LogP contribution in [0, 0.1) is 0 Å². The number of pyridine rings is 1. The van der Waals surface area contributed by atoms with Gasteiger partial charge in [0.15, 0.2) is 11.6 Å². The fraction of sp³-hybridized carbons (Fsp3) is 0.0526. The maximum Gasteiger partial charge on any atom is 0.264 e. The lowest BCUT2D eigenvalue weighted by molar-refractivity contribution is 0.102. The van der Waals surface area contributed by atoms with E-state index in [2.05, 4.69) is 10.3 Å². The largest absolute Gasteiger partial charge is 0.504 e. The lowest BCUT2D eigenvalue weighted by atomic mass is 10.2. The molecule has 0 aliphatic rings. The summed E-state index contributed by atoms with van der Waals surface area (Å²) in [4.78, 5) is 16.2. The molecule has 0 atom stereocenters. The fourth-order valence-corrected chi connectivity index (χ4v) is 3.86. The second kappa shape index (κ2) is 7.87. The number of rotatable bonds is 5. The summed E-state index contributed by atoms with van der Waals surface area (Å²) in [7, 11) is -2.51. The van der Waals surface area contributed by atoms with Crippen molar-refractivity contribution in [2.24, 2.45) is 0 Å². The van der Waals surface area contributed by atoms with Gasteiger partial charge in [0.05, 0.1) is 10.6 Å². The number of anilines is 2. The molecule has 0 fully saturated rings. The molecule has 1 heterocycles. The molecule has 1 amide bonds. The number of nitrogens with zero attached hydrogens (tertiary/aromatic N) is 2. The second-order valence-corrected chi connectivity index (χ2v) is 8.21. The zero-order chi connectivity index (χ0) is 20.3. The summed E-state index contributed by atoms with van der Waals surface area (Å²) in [5, 5.41) is 12.6. The molecule has 0 spiro atoms. The average Bonchev–Trinajstić information content (AvgIpc) is 2.69. The van der Waals surface area contributed by atoms with Crippen molar-refractivity contribution in [3.8, 4) is 5.75 Å². The van der Waals surface area contributed by atoms with E-state index in [-0.39, 0.29) is 22.0 Å². The van der Waals surface area contributed by atoms with Crippen molar-refractivity contribution in [2.45, 2.75) is 4.90 Å². The van der Waals surface area contributed by atoms with E-state index in [4.69, 9.17) is 11.6 Å². The van der Waals surface area contributed by atoms with Crippen molar-refractivity contribution in [3.63, 3.8) is 0 Å². The van der Waals surface area contributed by atoms with Gasteiger partial charge in [0.2, 0.25) is 0 Å². The minimum Gasteiger partial charge on any atom is -0.504 e. The van der Waals surface area contributed by atoms with Crippen LogP contribution in [0.1, 0.15) is 10.4 Å². The number of aromatic hydroxyl groups is 1. The first-order valence-corrected chi connectivity index (χ1v) is 9.91. The molecule has 0 saturated carbocycles. The van der Waals surface area contributed by atoms with Crippen LogP contribution in [0.5, 0.6) is 5.75 Å². The number of amides is 1. The van der Waals surface area contributed by atoms with Crippen LogP contribution < -0.4 is 9.62 Å². The van der Waals surface area contributed by atoms with E-state index in [0.29, 0.717) is 10.7 Å². The summed E-state index contributed by atoms with van der Waals surface area (Å²) in [6.45, 7) is 0. The van der Waals surface area contributed by atoms with E-state index >= 15 is 0 Å². The highest BCUT2D eigenvalue weighted by Crippen LogP contribution is 2.25. The van der Waals surface area contributed by atoms with Gasteiger partial charge in [-0.2, -0.15) is 0 Å². The van der Waals surface area contributed by atoms with Gasteiger partial charge in [-0.1, -0.05) is 23.7 Å². The van der Waals surface area contributed by atoms with Gasteiger partial charge in [-0.25, -0.2) is 13.4 Å². The van der Waals surface area contributed by atoms with Crippen molar-refractivity contribution < 1.29 is 18.3 Å². The zero-order valence-corrected chi connectivity index (χ0v) is 16.3. The van der Waals surface area contributed by atoms with Crippen molar-refractivity contribution in [1.82, 2.24) is 4.98 Å². The molecule has 9 heteroatoms. The van der Waals surface area contributed by atoms with Gasteiger partial charge < -0.3 is 10.4 Å². The van der Waals surface area contributed by atoms with Crippen LogP contribution in [0.15, 0.2) is 71.8 Å². The van der Waals surface area contributed by atoms with E-state index < -0.39 is 15.9 Å². The van der Waals surface area contributed by atoms with E-state index in [1.165, 1.54) is 55.7 Å². The Morgan fingerprint density at radius 2 is 1.86 bits per heavy atom. The number of carbonyl (C=O) groups excluding carboxylic acids is 1. The smallest absolute Gasteiger partial charge is 0.264 e. The quantitative estimate of drug-likeness (QED) is 0.661. The SMILES string of the molecule is CN(c1cccc(Cl)c1)S(=O)(=O)c1cccc(C(=O)Nc2ncccc2O)c1. The Morgan fingerprint density at radius 1 is 1.11 bits per heavy atom. The van der Waals surface area contributed by atoms with Crippen LogP contribution in [0.25, 0.3) is 0 Å². The zero-order valence-electron chi connectivity index (χ0n) is 14.7. The summed E-state index contributed by atoms with van der Waals surface area (Å²) in [6.07, 6.45) is 1.41. The third kappa shape index (κ3) is 4.08. The molecule has 2 aromatic carbocycles. The molecule has 3 rings (SSSR count). The number of benzene rings is 2. The Labute approximate surface area is 167 Å². The Hall–Kier alpha value is -3.10. The molecule has 3 aromatic rings. The molecule has 0 aliphatic carbocycles. The molecule has 0 saturated heterocycles. The Bertz CT molecular complexity index is 1140. The van der Waals surface area contributed by atoms with Crippen LogP contribution in [0.2, 0.25) is 5.02 Å². The van der Waals surface area contributed by atoms with Gasteiger partial charge >= 0.3 is 0 Å². The number of nitrogens with one attached hydrogen (secondary N) is 1. The first-order chi connectivity index (χ1) is 13.3. The highest BCUT2D eigenvalue weighted by atomic mass is 35.5. The number of carbonyl (C=O) groups is 1. The Kier molecular flexibility index (Phi) is 5.53. The Balaban J connectivity index is 1.89. The number of hydrogen-bond donors (Lipinski definition) is 2. The first kappa shape index (κ1) is 19.7. The lowest BCUT2D eigenvalue weighted by Crippen LogP contribution is -2.26. The van der Waals surface area contributed by atoms with Gasteiger partial charge in [0, 0.05) is 23.8 Å². The molecule has 0 aliphatic heterocycles. The van der Waals surface area contributed by atoms with Gasteiger partial charge in [-0.05, 0) is 48.5 Å². The molecular weight excluding hydrogens is 402 g/mol. The van der Waals surface area contributed by atoms with Crippen LogP contribution in [-0.4, -0.2) is 31.5 Å². The van der Waals surface area contributed by atoms with Crippen molar-refractivity contribution in [3.05, 3.63) is 77.4 Å². The average molecular weight is 418 g/mol. The van der Waals surface area contributed by atoms with E-state index in [9.17, 15) is 18.3 Å². The molecule has 2 N–H and O–H groups in total. The highest BCUT2D eigenvalue weighted by molar-refractivity contribution is 7.92. The molecule has 7 nitrogen and oxygen atoms in total. The minimum absolute atomic E-state index is 0.0168. The Morgan fingerprint density at radius 3 is 2.57 bits per heavy atom. The van der Waals surface area contributed by atoms with Crippen LogP contribution in [-0.2, 0) is 10.0 Å². The second-order valence-electron chi connectivity index (χ2n) is 5.81. The van der Waals surface area contributed by atoms with E-state index in [0.717, 1.165) is 4.31 Å². The van der Waals surface area contributed by atoms with E-state index in [1.54, 1.807) is 18.2 Å². The first-order valence-electron chi connectivity index (χ1n) is 8.09. The van der Waals surface area contributed by atoms with Crippen LogP contribution in [0.4, 0.5) is 11.5 Å². The summed E-state index contributed by atoms with van der Waals surface area (Å²) >= 11 is 5.94. The van der Waals surface area contributed by atoms with Crippen molar-refractivity contribution in [1.29, 1.82) is 0 Å². The predicted octanol–water partition coefficient (Wildman–Crippen LogP) is 3.52. The molecule has 0 bridgehead atoms. The standard InChI is InChI=1S/C19H16ClN3O4S/c1-23(15-7-3-6-14(20)12-15)28(26,27)16-8-2-5-13(11-16)19(25)22-18-17(24)9-4-10-21-18/h2-12,24H,1H3,(H,21,22,25). The normalized spacial score (nSPS) is 11.1. The summed E-state index contributed by atoms with van der Waals surface area (Å²) < 4.78 is 26.9. The maximum atomic E-state index is 12.9. The summed E-state index contributed by atoms with van der Waals surface area (Å²) in [5.41, 5.74) is 0.492.